The zero-order chi connectivity index (χ0) is 26.6. The van der Waals surface area contributed by atoms with Gasteiger partial charge in [0.2, 0.25) is 0 Å². The number of rotatable bonds is 7. The number of hydrogen-bond acceptors (Lipinski definition) is 4. The summed E-state index contributed by atoms with van der Waals surface area (Å²) >= 11 is 12.6. The van der Waals surface area contributed by atoms with E-state index in [1.54, 1.807) is 23.1 Å². The summed E-state index contributed by atoms with van der Waals surface area (Å²) in [5.74, 6) is 0.0613. The first kappa shape index (κ1) is 27.3. The number of aromatic amines is 1. The molecular weight excluding hydrogens is 513 g/mol. The van der Waals surface area contributed by atoms with E-state index >= 15 is 0 Å². The zero-order valence-corrected chi connectivity index (χ0v) is 22.9. The van der Waals surface area contributed by atoms with Gasteiger partial charge in [-0.1, -0.05) is 41.4 Å². The van der Waals surface area contributed by atoms with Gasteiger partial charge in [-0.2, -0.15) is 0 Å². The average Bonchev–Trinajstić information content (AvgIpc) is 3.26. The molecule has 2 N–H and O–H groups in total. The molecular formula is C28H33Cl2N3O4. The average molecular weight is 546 g/mol. The third-order valence-electron chi connectivity index (χ3n) is 6.32. The lowest BCUT2D eigenvalue weighted by molar-refractivity contribution is 0.0105. The van der Waals surface area contributed by atoms with Crippen LogP contribution in [0.5, 0.6) is 0 Å². The highest BCUT2D eigenvalue weighted by atomic mass is 35.5. The summed E-state index contributed by atoms with van der Waals surface area (Å²) in [6, 6.07) is 14.2. The molecule has 1 unspecified atom stereocenters. The van der Waals surface area contributed by atoms with E-state index in [-0.39, 0.29) is 18.6 Å². The monoisotopic (exact) mass is 545 g/mol. The molecule has 2 amide bonds. The maximum atomic E-state index is 13.1. The van der Waals surface area contributed by atoms with Crippen LogP contribution in [0.2, 0.25) is 10.0 Å². The van der Waals surface area contributed by atoms with Crippen LogP contribution in [0, 0.1) is 5.92 Å². The number of carbonyl (C=O) groups excluding carboxylic acids is 2. The lowest BCUT2D eigenvalue weighted by Crippen LogP contribution is -2.42. The van der Waals surface area contributed by atoms with E-state index in [2.05, 4.69) is 10.3 Å². The molecule has 1 aliphatic rings. The van der Waals surface area contributed by atoms with Crippen LogP contribution in [0.4, 0.5) is 4.79 Å². The Kier molecular flexibility index (Phi) is 8.67. The molecule has 198 valence electrons. The minimum absolute atomic E-state index is 0.258. The van der Waals surface area contributed by atoms with Crippen molar-refractivity contribution in [3.8, 4) is 0 Å². The van der Waals surface area contributed by atoms with Crippen molar-refractivity contribution in [2.45, 2.75) is 45.3 Å². The predicted octanol–water partition coefficient (Wildman–Crippen LogP) is 6.61. The molecule has 1 fully saturated rings. The number of hydrogen-bond donors (Lipinski definition) is 2. The smallest absolute Gasteiger partial charge is 0.410 e. The number of likely N-dealkylation sites (tertiary alicyclic amines) is 1. The second-order valence-electron chi connectivity index (χ2n) is 10.4. The van der Waals surface area contributed by atoms with Crippen LogP contribution < -0.4 is 5.32 Å². The van der Waals surface area contributed by atoms with Crippen molar-refractivity contribution in [3.05, 3.63) is 69.8 Å². The van der Waals surface area contributed by atoms with Crippen LogP contribution in [0.3, 0.4) is 0 Å². The van der Waals surface area contributed by atoms with Crippen molar-refractivity contribution in [2.75, 3.05) is 26.3 Å². The minimum atomic E-state index is -0.505. The number of piperidine rings is 1. The van der Waals surface area contributed by atoms with Gasteiger partial charge >= 0.3 is 6.09 Å². The number of amides is 2. The second-order valence-corrected chi connectivity index (χ2v) is 11.3. The first-order chi connectivity index (χ1) is 17.6. The second kappa shape index (κ2) is 11.8. The summed E-state index contributed by atoms with van der Waals surface area (Å²) in [4.78, 5) is 30.3. The van der Waals surface area contributed by atoms with Crippen molar-refractivity contribution < 1.29 is 19.1 Å². The first-order valence-electron chi connectivity index (χ1n) is 12.5. The van der Waals surface area contributed by atoms with Gasteiger partial charge in [0.05, 0.1) is 12.6 Å². The maximum absolute atomic E-state index is 13.1. The topological polar surface area (TPSA) is 83.7 Å². The Bertz CT molecular complexity index is 1250. The molecule has 37 heavy (non-hydrogen) atoms. The van der Waals surface area contributed by atoms with Crippen LogP contribution in [0.15, 0.2) is 48.5 Å². The molecule has 9 heteroatoms. The SMILES string of the molecule is CC(C)(C)OC(=O)N1CCC(COCC(NC(=O)c2cc3cc(Cl)ccc3[nH]2)c2ccccc2Cl)CC1. The van der Waals surface area contributed by atoms with E-state index in [1.165, 1.54) is 0 Å². The van der Waals surface area contributed by atoms with Gasteiger partial charge in [-0.3, -0.25) is 4.79 Å². The Morgan fingerprint density at radius 1 is 1.11 bits per heavy atom. The number of nitrogens with zero attached hydrogens (tertiary/aromatic N) is 1. The first-order valence-corrected chi connectivity index (χ1v) is 13.2. The molecule has 1 aromatic heterocycles. The zero-order valence-electron chi connectivity index (χ0n) is 21.4. The maximum Gasteiger partial charge on any atom is 0.410 e. The normalized spacial score (nSPS) is 15.5. The molecule has 0 bridgehead atoms. The fourth-order valence-corrected chi connectivity index (χ4v) is 4.84. The molecule has 0 aliphatic carbocycles. The highest BCUT2D eigenvalue weighted by Crippen LogP contribution is 2.26. The lowest BCUT2D eigenvalue weighted by Gasteiger charge is -2.33. The quantitative estimate of drug-likeness (QED) is 0.349. The van der Waals surface area contributed by atoms with Gasteiger partial charge in [-0.15, -0.1) is 0 Å². The van der Waals surface area contributed by atoms with E-state index in [9.17, 15) is 9.59 Å². The van der Waals surface area contributed by atoms with E-state index < -0.39 is 11.6 Å². The van der Waals surface area contributed by atoms with E-state index in [1.807, 2.05) is 51.1 Å². The van der Waals surface area contributed by atoms with E-state index in [0.29, 0.717) is 41.4 Å². The van der Waals surface area contributed by atoms with Gasteiger partial charge < -0.3 is 24.7 Å². The number of benzene rings is 2. The number of nitrogens with one attached hydrogen (secondary N) is 2. The van der Waals surface area contributed by atoms with Crippen LogP contribution in [-0.4, -0.2) is 53.8 Å². The van der Waals surface area contributed by atoms with Gasteiger partial charge in [0.15, 0.2) is 0 Å². The molecule has 1 saturated heterocycles. The summed E-state index contributed by atoms with van der Waals surface area (Å²) in [5, 5.41) is 5.10. The van der Waals surface area contributed by atoms with Crippen molar-refractivity contribution in [3.63, 3.8) is 0 Å². The molecule has 3 aromatic rings. The molecule has 0 radical (unpaired) electrons. The Hall–Kier alpha value is -2.74. The number of fused-ring (bicyclic) bond motifs is 1. The van der Waals surface area contributed by atoms with E-state index in [0.717, 1.165) is 29.3 Å². The number of halogens is 2. The number of carbonyl (C=O) groups is 2. The van der Waals surface area contributed by atoms with Crippen LogP contribution in [0.25, 0.3) is 10.9 Å². The summed E-state index contributed by atoms with van der Waals surface area (Å²) < 4.78 is 11.6. The summed E-state index contributed by atoms with van der Waals surface area (Å²) in [7, 11) is 0. The number of H-pyrrole nitrogens is 1. The van der Waals surface area contributed by atoms with Crippen LogP contribution in [-0.2, 0) is 9.47 Å². The molecule has 1 aliphatic heterocycles. The van der Waals surface area contributed by atoms with Gasteiger partial charge in [0, 0.05) is 40.6 Å². The standard InChI is InChI=1S/C28H33Cl2N3O4/c1-28(2,3)37-27(35)33-12-10-18(11-13-33)16-36-17-25(21-6-4-5-7-22(21)30)32-26(34)24-15-19-14-20(29)8-9-23(19)31-24/h4-9,14-15,18,25,31H,10-13,16-17H2,1-3H3,(H,32,34). The molecule has 7 nitrogen and oxygen atoms in total. The highest BCUT2D eigenvalue weighted by Gasteiger charge is 2.27. The van der Waals surface area contributed by atoms with Gasteiger partial charge in [0.25, 0.3) is 5.91 Å². The summed E-state index contributed by atoms with van der Waals surface area (Å²) in [5.41, 5.74) is 1.55. The lowest BCUT2D eigenvalue weighted by atomic mass is 9.98. The van der Waals surface area contributed by atoms with Crippen molar-refractivity contribution >= 4 is 46.1 Å². The Balaban J connectivity index is 1.35. The number of aromatic nitrogens is 1. The Morgan fingerprint density at radius 3 is 2.54 bits per heavy atom. The molecule has 4 rings (SSSR count). The van der Waals surface area contributed by atoms with Crippen molar-refractivity contribution in [2.24, 2.45) is 5.92 Å². The van der Waals surface area contributed by atoms with Crippen molar-refractivity contribution in [1.29, 1.82) is 0 Å². The van der Waals surface area contributed by atoms with Gasteiger partial charge in [-0.05, 0) is 75.4 Å². The van der Waals surface area contributed by atoms with E-state index in [4.69, 9.17) is 32.7 Å². The van der Waals surface area contributed by atoms with Gasteiger partial charge in [-0.25, -0.2) is 4.79 Å². The Morgan fingerprint density at radius 2 is 1.84 bits per heavy atom. The third-order valence-corrected chi connectivity index (χ3v) is 6.90. The molecule has 0 spiro atoms. The largest absolute Gasteiger partial charge is 0.444 e. The van der Waals surface area contributed by atoms with Crippen LogP contribution in [0.1, 0.15) is 55.7 Å². The summed E-state index contributed by atoms with van der Waals surface area (Å²) in [6.45, 7) is 7.68. The molecule has 1 atom stereocenters. The van der Waals surface area contributed by atoms with Gasteiger partial charge in [0.1, 0.15) is 11.3 Å². The minimum Gasteiger partial charge on any atom is -0.444 e. The fourth-order valence-electron chi connectivity index (χ4n) is 4.39. The molecule has 0 saturated carbocycles. The predicted molar refractivity (Wildman–Crippen MR) is 146 cm³/mol. The molecule has 2 aromatic carbocycles. The highest BCUT2D eigenvalue weighted by molar-refractivity contribution is 6.31. The van der Waals surface area contributed by atoms with Crippen molar-refractivity contribution in [1.82, 2.24) is 15.2 Å². The third kappa shape index (κ3) is 7.40. The molecule has 2 heterocycles. The Labute approximate surface area is 227 Å². The fraction of sp³-hybridized carbons (Fsp3) is 0.429. The van der Waals surface area contributed by atoms with Crippen LogP contribution >= 0.6 is 23.2 Å². The number of ether oxygens (including phenoxy) is 2. The summed E-state index contributed by atoms with van der Waals surface area (Å²) in [6.07, 6.45) is 1.40.